The van der Waals surface area contributed by atoms with E-state index in [9.17, 15) is 4.79 Å². The Balaban J connectivity index is 1.76. The molecule has 3 nitrogen and oxygen atoms in total. The second kappa shape index (κ2) is 5.65. The van der Waals surface area contributed by atoms with Crippen LogP contribution in [0.3, 0.4) is 0 Å². The highest BCUT2D eigenvalue weighted by Gasteiger charge is 2.29. The fourth-order valence-corrected chi connectivity index (χ4v) is 3.06. The van der Waals surface area contributed by atoms with E-state index in [4.69, 9.17) is 5.73 Å². The molecule has 94 valence electrons. The van der Waals surface area contributed by atoms with Gasteiger partial charge in [-0.1, -0.05) is 25.3 Å². The minimum absolute atomic E-state index is 0.0859. The van der Waals surface area contributed by atoms with Crippen molar-refractivity contribution in [2.75, 3.05) is 0 Å². The number of rotatable bonds is 4. The van der Waals surface area contributed by atoms with Crippen LogP contribution >= 0.6 is 11.3 Å². The van der Waals surface area contributed by atoms with Crippen LogP contribution in [0.2, 0.25) is 0 Å². The van der Waals surface area contributed by atoms with E-state index in [2.05, 4.69) is 5.32 Å². The van der Waals surface area contributed by atoms with Gasteiger partial charge in [-0.2, -0.15) is 0 Å². The van der Waals surface area contributed by atoms with Crippen LogP contribution in [0.25, 0.3) is 0 Å². The Morgan fingerprint density at radius 2 is 2.18 bits per heavy atom. The summed E-state index contributed by atoms with van der Waals surface area (Å²) in [7, 11) is 0. The number of amides is 1. The maximum Gasteiger partial charge on any atom is 0.222 e. The summed E-state index contributed by atoms with van der Waals surface area (Å²) in [6.07, 6.45) is 6.02. The second-order valence-electron chi connectivity index (χ2n) is 4.96. The van der Waals surface area contributed by atoms with Gasteiger partial charge in [0, 0.05) is 16.8 Å². The highest BCUT2D eigenvalue weighted by molar-refractivity contribution is 7.09. The Bertz CT molecular complexity index is 356. The van der Waals surface area contributed by atoms with Crippen LogP contribution in [0.1, 0.15) is 43.4 Å². The van der Waals surface area contributed by atoms with Gasteiger partial charge in [0.25, 0.3) is 0 Å². The lowest BCUT2D eigenvalue weighted by atomic mass is 9.80. The van der Waals surface area contributed by atoms with Crippen LogP contribution in [0, 0.1) is 0 Å². The van der Waals surface area contributed by atoms with Gasteiger partial charge in [-0.3, -0.25) is 4.79 Å². The minimum atomic E-state index is -0.252. The van der Waals surface area contributed by atoms with Gasteiger partial charge in [-0.15, -0.1) is 11.3 Å². The van der Waals surface area contributed by atoms with Gasteiger partial charge in [0.1, 0.15) is 0 Å². The molecule has 0 spiro atoms. The first-order valence-electron chi connectivity index (χ1n) is 6.26. The van der Waals surface area contributed by atoms with Gasteiger partial charge in [-0.25, -0.2) is 0 Å². The van der Waals surface area contributed by atoms with Gasteiger partial charge in [0.05, 0.1) is 6.54 Å². The largest absolute Gasteiger partial charge is 0.351 e. The van der Waals surface area contributed by atoms with Crippen molar-refractivity contribution >= 4 is 17.2 Å². The van der Waals surface area contributed by atoms with Gasteiger partial charge >= 0.3 is 0 Å². The number of nitrogens with one attached hydrogen (secondary N) is 1. The first-order valence-corrected chi connectivity index (χ1v) is 7.14. The van der Waals surface area contributed by atoms with Crippen molar-refractivity contribution in [3.63, 3.8) is 0 Å². The van der Waals surface area contributed by atoms with Crippen molar-refractivity contribution in [2.24, 2.45) is 5.73 Å². The molecule has 0 saturated heterocycles. The van der Waals surface area contributed by atoms with Crippen LogP contribution in [-0.4, -0.2) is 11.4 Å². The molecule has 0 radical (unpaired) electrons. The lowest BCUT2D eigenvalue weighted by Crippen LogP contribution is -2.45. The molecule has 1 saturated carbocycles. The van der Waals surface area contributed by atoms with Crippen molar-refractivity contribution in [3.05, 3.63) is 22.4 Å². The van der Waals surface area contributed by atoms with E-state index in [-0.39, 0.29) is 11.4 Å². The molecule has 1 amide bonds. The summed E-state index contributed by atoms with van der Waals surface area (Å²) in [5.74, 6) is 0.0859. The predicted octanol–water partition coefficient (Wildman–Crippen LogP) is 2.42. The van der Waals surface area contributed by atoms with Crippen molar-refractivity contribution < 1.29 is 4.79 Å². The van der Waals surface area contributed by atoms with E-state index in [1.165, 1.54) is 11.3 Å². The van der Waals surface area contributed by atoms with E-state index < -0.39 is 0 Å². The summed E-state index contributed by atoms with van der Waals surface area (Å²) in [6, 6.07) is 4.03. The normalized spacial score (nSPS) is 18.9. The first-order chi connectivity index (χ1) is 8.18. The van der Waals surface area contributed by atoms with Crippen molar-refractivity contribution in [3.8, 4) is 0 Å². The van der Waals surface area contributed by atoms with Gasteiger partial charge in [0.15, 0.2) is 0 Å². The number of hydrogen-bond acceptors (Lipinski definition) is 3. The third kappa shape index (κ3) is 3.82. The number of carbonyl (C=O) groups excluding carboxylic acids is 1. The third-order valence-corrected chi connectivity index (χ3v) is 4.28. The summed E-state index contributed by atoms with van der Waals surface area (Å²) in [5, 5.41) is 4.97. The zero-order valence-electron chi connectivity index (χ0n) is 10.1. The molecule has 0 bridgehead atoms. The Morgan fingerprint density at radius 3 is 2.82 bits per heavy atom. The standard InChI is InChI=1S/C13H20N2OS/c14-13(6-2-1-3-7-13)9-12(16)15-10-11-5-4-8-17-11/h4-5,8H,1-3,6-7,9-10,14H2,(H,15,16). The topological polar surface area (TPSA) is 55.1 Å². The zero-order valence-corrected chi connectivity index (χ0v) is 10.9. The lowest BCUT2D eigenvalue weighted by molar-refractivity contribution is -0.122. The van der Waals surface area contributed by atoms with E-state index in [1.807, 2.05) is 17.5 Å². The fourth-order valence-electron chi connectivity index (χ4n) is 2.41. The minimum Gasteiger partial charge on any atom is -0.351 e. The predicted molar refractivity (Wildman–Crippen MR) is 70.8 cm³/mol. The fraction of sp³-hybridized carbons (Fsp3) is 0.615. The van der Waals surface area contributed by atoms with E-state index >= 15 is 0 Å². The molecule has 1 aromatic rings. The zero-order chi connectivity index (χ0) is 12.1. The molecular weight excluding hydrogens is 232 g/mol. The SMILES string of the molecule is NC1(CC(=O)NCc2cccs2)CCCCC1. The van der Waals surface area contributed by atoms with Crippen molar-refractivity contribution in [1.82, 2.24) is 5.32 Å². The summed E-state index contributed by atoms with van der Waals surface area (Å²) in [6.45, 7) is 0.632. The highest BCUT2D eigenvalue weighted by atomic mass is 32.1. The number of carbonyl (C=O) groups is 1. The quantitative estimate of drug-likeness (QED) is 0.864. The molecule has 0 atom stereocenters. The summed E-state index contributed by atoms with van der Waals surface area (Å²) < 4.78 is 0. The second-order valence-corrected chi connectivity index (χ2v) is 5.99. The third-order valence-electron chi connectivity index (χ3n) is 3.40. The number of thiophene rings is 1. The molecule has 0 aromatic carbocycles. The van der Waals surface area contributed by atoms with Gasteiger partial charge in [-0.05, 0) is 24.3 Å². The lowest BCUT2D eigenvalue weighted by Gasteiger charge is -2.32. The molecule has 1 fully saturated rings. The molecule has 1 aliphatic carbocycles. The molecule has 17 heavy (non-hydrogen) atoms. The Kier molecular flexibility index (Phi) is 4.18. The molecule has 0 unspecified atom stereocenters. The van der Waals surface area contributed by atoms with Crippen LogP contribution in [0.15, 0.2) is 17.5 Å². The molecule has 3 N–H and O–H groups in total. The van der Waals surface area contributed by atoms with E-state index in [0.717, 1.165) is 25.7 Å². The summed E-state index contributed by atoms with van der Waals surface area (Å²) in [5.41, 5.74) is 6.00. The number of nitrogens with two attached hydrogens (primary N) is 1. The summed E-state index contributed by atoms with van der Waals surface area (Å²) in [4.78, 5) is 13.0. The molecule has 1 heterocycles. The molecule has 1 aliphatic rings. The smallest absolute Gasteiger partial charge is 0.222 e. The molecule has 4 heteroatoms. The van der Waals surface area contributed by atoms with Gasteiger partial charge in [0.2, 0.25) is 5.91 Å². The van der Waals surface area contributed by atoms with Crippen molar-refractivity contribution in [2.45, 2.75) is 50.6 Å². The van der Waals surface area contributed by atoms with Crippen LogP contribution < -0.4 is 11.1 Å². The number of hydrogen-bond donors (Lipinski definition) is 2. The average molecular weight is 252 g/mol. The molecular formula is C13H20N2OS. The average Bonchev–Trinajstić information content (AvgIpc) is 2.79. The first kappa shape index (κ1) is 12.6. The van der Waals surface area contributed by atoms with Crippen LogP contribution in [-0.2, 0) is 11.3 Å². The Morgan fingerprint density at radius 1 is 1.41 bits per heavy atom. The van der Waals surface area contributed by atoms with E-state index in [0.29, 0.717) is 13.0 Å². The maximum atomic E-state index is 11.8. The highest BCUT2D eigenvalue weighted by Crippen LogP contribution is 2.28. The Labute approximate surface area is 106 Å². The van der Waals surface area contributed by atoms with Crippen LogP contribution in [0.5, 0.6) is 0 Å². The van der Waals surface area contributed by atoms with Crippen molar-refractivity contribution in [1.29, 1.82) is 0 Å². The summed E-state index contributed by atoms with van der Waals surface area (Å²) >= 11 is 1.66. The van der Waals surface area contributed by atoms with Gasteiger partial charge < -0.3 is 11.1 Å². The monoisotopic (exact) mass is 252 g/mol. The molecule has 2 rings (SSSR count). The molecule has 0 aliphatic heterocycles. The molecule has 1 aromatic heterocycles. The van der Waals surface area contributed by atoms with E-state index in [1.54, 1.807) is 11.3 Å². The Hall–Kier alpha value is -0.870. The maximum absolute atomic E-state index is 11.8. The van der Waals surface area contributed by atoms with Crippen LogP contribution in [0.4, 0.5) is 0 Å².